The van der Waals surface area contributed by atoms with E-state index in [1.807, 2.05) is 11.3 Å². The molecule has 0 bridgehead atoms. The molecule has 1 aliphatic carbocycles. The van der Waals surface area contributed by atoms with Crippen molar-refractivity contribution in [1.29, 1.82) is 0 Å². The average Bonchev–Trinajstić information content (AvgIpc) is 3.97. The average molecular weight is 767 g/mol. The molecule has 13 rings (SSSR count). The molecule has 2 nitrogen and oxygen atoms in total. The molecule has 12 aromatic rings. The first kappa shape index (κ1) is 32.7. The van der Waals surface area contributed by atoms with Crippen molar-refractivity contribution in [2.45, 2.75) is 5.41 Å². The molecule has 0 radical (unpaired) electrons. The smallest absolute Gasteiger partial charge is 0.156 e. The van der Waals surface area contributed by atoms with Gasteiger partial charge in [0.25, 0.3) is 0 Å². The Bertz CT molecular complexity index is 3610. The number of fused-ring (bicyclic) bond motifs is 13. The second kappa shape index (κ2) is 12.3. The van der Waals surface area contributed by atoms with Gasteiger partial charge in [0, 0.05) is 15.5 Å². The minimum absolute atomic E-state index is 0.439. The summed E-state index contributed by atoms with van der Waals surface area (Å²) in [7, 11) is 0. The SMILES string of the molecule is c1ccc(C2(c3ccccc3)c3ccccc3-c3c(-c4ccc(-c5cc6c(sc7ccc8ccccc8c76)c6nc7cc8ccccc8cc7n56)cc4)cccc32)cc1. The van der Waals surface area contributed by atoms with Crippen molar-refractivity contribution >= 4 is 69.7 Å². The molecule has 59 heavy (non-hydrogen) atoms. The van der Waals surface area contributed by atoms with Crippen LogP contribution in [0.5, 0.6) is 0 Å². The summed E-state index contributed by atoms with van der Waals surface area (Å²) < 4.78 is 4.91. The lowest BCUT2D eigenvalue weighted by Crippen LogP contribution is -2.28. The summed E-state index contributed by atoms with van der Waals surface area (Å²) in [4.78, 5) is 5.42. The molecule has 3 heteroatoms. The molecular weight excluding hydrogens is 733 g/mol. The third-order valence-electron chi connectivity index (χ3n) is 12.8. The molecule has 0 fully saturated rings. The van der Waals surface area contributed by atoms with Gasteiger partial charge < -0.3 is 0 Å². The van der Waals surface area contributed by atoms with Gasteiger partial charge in [-0.3, -0.25) is 4.40 Å². The van der Waals surface area contributed by atoms with Gasteiger partial charge in [-0.1, -0.05) is 182 Å². The van der Waals surface area contributed by atoms with E-state index in [0.717, 1.165) is 27.9 Å². The van der Waals surface area contributed by atoms with Crippen LogP contribution in [0.4, 0.5) is 0 Å². The number of hydrogen-bond acceptors (Lipinski definition) is 2. The maximum atomic E-state index is 5.42. The molecule has 274 valence electrons. The minimum atomic E-state index is -0.439. The zero-order valence-corrected chi connectivity index (χ0v) is 32.7. The van der Waals surface area contributed by atoms with Crippen LogP contribution in [0.15, 0.2) is 206 Å². The van der Waals surface area contributed by atoms with Crippen molar-refractivity contribution < 1.29 is 0 Å². The Balaban J connectivity index is 1.05. The molecule has 0 unspecified atom stereocenters. The van der Waals surface area contributed by atoms with E-state index in [0.29, 0.717) is 0 Å². The van der Waals surface area contributed by atoms with Gasteiger partial charge in [-0.2, -0.15) is 0 Å². The van der Waals surface area contributed by atoms with Gasteiger partial charge >= 0.3 is 0 Å². The monoisotopic (exact) mass is 766 g/mol. The standard InChI is InChI=1S/C56H34N2S/c1-3-17-40(18-4-1)56(41-19-5-2-6-20-41)46-24-12-11-22-44(46)52-42(23-13-25-47(52)56)36-26-28-37(29-27-36)49-34-45-53-43-21-10-9-14-35(43)30-31-51(53)59-54(45)55-57-48-32-38-15-7-8-16-39(38)33-50(48)58(49)55/h1-34H. The van der Waals surface area contributed by atoms with E-state index in [1.165, 1.54) is 86.2 Å². The lowest BCUT2D eigenvalue weighted by molar-refractivity contribution is 0.768. The van der Waals surface area contributed by atoms with Gasteiger partial charge in [0.1, 0.15) is 0 Å². The summed E-state index contributed by atoms with van der Waals surface area (Å²) in [5.74, 6) is 0. The first-order valence-electron chi connectivity index (χ1n) is 20.3. The Morgan fingerprint density at radius 3 is 1.86 bits per heavy atom. The van der Waals surface area contributed by atoms with Gasteiger partial charge in [-0.25, -0.2) is 4.98 Å². The molecule has 3 aromatic heterocycles. The number of rotatable bonds is 4. The minimum Gasteiger partial charge on any atom is -0.291 e. The van der Waals surface area contributed by atoms with Crippen LogP contribution in [0.1, 0.15) is 22.3 Å². The summed E-state index contributed by atoms with van der Waals surface area (Å²) in [5.41, 5.74) is 15.2. The van der Waals surface area contributed by atoms with E-state index in [4.69, 9.17) is 4.98 Å². The van der Waals surface area contributed by atoms with E-state index < -0.39 is 5.41 Å². The van der Waals surface area contributed by atoms with Crippen molar-refractivity contribution in [2.75, 3.05) is 0 Å². The number of aromatic nitrogens is 2. The lowest BCUT2D eigenvalue weighted by atomic mass is 9.67. The molecule has 0 amide bonds. The van der Waals surface area contributed by atoms with E-state index in [-0.39, 0.29) is 0 Å². The topological polar surface area (TPSA) is 17.3 Å². The summed E-state index contributed by atoms with van der Waals surface area (Å²) in [6, 6.07) is 76.2. The Hall–Kier alpha value is -7.33. The number of nitrogens with zero attached hydrogens (tertiary/aromatic N) is 2. The summed E-state index contributed by atoms with van der Waals surface area (Å²) >= 11 is 1.85. The predicted molar refractivity (Wildman–Crippen MR) is 249 cm³/mol. The highest BCUT2D eigenvalue weighted by Crippen LogP contribution is 2.58. The number of thiophene rings is 1. The molecule has 0 saturated carbocycles. The number of imidazole rings is 1. The van der Waals surface area contributed by atoms with Crippen molar-refractivity contribution in [3.63, 3.8) is 0 Å². The second-order valence-corrected chi connectivity index (χ2v) is 16.9. The van der Waals surface area contributed by atoms with Gasteiger partial charge in [-0.05, 0) is 95.9 Å². The third-order valence-corrected chi connectivity index (χ3v) is 14.0. The van der Waals surface area contributed by atoms with Crippen molar-refractivity contribution in [3.05, 3.63) is 229 Å². The first-order valence-corrected chi connectivity index (χ1v) is 21.1. The number of benzene rings is 9. The highest BCUT2D eigenvalue weighted by molar-refractivity contribution is 7.26. The predicted octanol–water partition coefficient (Wildman–Crippen LogP) is 14.9. The van der Waals surface area contributed by atoms with Crippen LogP contribution in [0.3, 0.4) is 0 Å². The van der Waals surface area contributed by atoms with E-state index >= 15 is 0 Å². The zero-order valence-electron chi connectivity index (χ0n) is 31.9. The molecule has 0 saturated heterocycles. The largest absolute Gasteiger partial charge is 0.291 e. The van der Waals surface area contributed by atoms with E-state index in [1.54, 1.807) is 0 Å². The fourth-order valence-corrected chi connectivity index (χ4v) is 11.5. The van der Waals surface area contributed by atoms with Crippen LogP contribution in [0, 0.1) is 0 Å². The highest BCUT2D eigenvalue weighted by atomic mass is 32.1. The Kier molecular flexibility index (Phi) is 6.84. The first-order chi connectivity index (χ1) is 29.3. The summed E-state index contributed by atoms with van der Waals surface area (Å²) in [6.45, 7) is 0. The van der Waals surface area contributed by atoms with Gasteiger partial charge in [-0.15, -0.1) is 11.3 Å². The Labute approximate surface area is 344 Å². The van der Waals surface area contributed by atoms with Gasteiger partial charge in [0.15, 0.2) is 5.65 Å². The fraction of sp³-hybridized carbons (Fsp3) is 0.0179. The van der Waals surface area contributed by atoms with Crippen LogP contribution < -0.4 is 0 Å². The maximum absolute atomic E-state index is 5.42. The van der Waals surface area contributed by atoms with Crippen LogP contribution in [0.2, 0.25) is 0 Å². The van der Waals surface area contributed by atoms with Gasteiger partial charge in [0.05, 0.1) is 26.8 Å². The molecule has 3 heterocycles. The third kappa shape index (κ3) is 4.54. The zero-order chi connectivity index (χ0) is 38.7. The van der Waals surface area contributed by atoms with Crippen LogP contribution in [-0.2, 0) is 5.41 Å². The van der Waals surface area contributed by atoms with Gasteiger partial charge in [0.2, 0.25) is 0 Å². The van der Waals surface area contributed by atoms with Crippen molar-refractivity contribution in [2.24, 2.45) is 0 Å². The molecular formula is C56H34N2S. The number of hydrogen-bond donors (Lipinski definition) is 0. The Morgan fingerprint density at radius 2 is 1.08 bits per heavy atom. The van der Waals surface area contributed by atoms with Crippen molar-refractivity contribution in [1.82, 2.24) is 9.38 Å². The Morgan fingerprint density at radius 1 is 0.458 bits per heavy atom. The molecule has 0 spiro atoms. The summed E-state index contributed by atoms with van der Waals surface area (Å²) in [5, 5.41) is 7.51. The van der Waals surface area contributed by atoms with Crippen LogP contribution in [-0.4, -0.2) is 9.38 Å². The van der Waals surface area contributed by atoms with Crippen LogP contribution >= 0.6 is 11.3 Å². The normalized spacial score (nSPS) is 13.2. The van der Waals surface area contributed by atoms with Crippen LogP contribution in [0.25, 0.3) is 91.9 Å². The van der Waals surface area contributed by atoms with E-state index in [2.05, 4.69) is 211 Å². The molecule has 0 N–H and O–H groups in total. The van der Waals surface area contributed by atoms with E-state index in [9.17, 15) is 0 Å². The number of pyridine rings is 1. The summed E-state index contributed by atoms with van der Waals surface area (Å²) in [6.07, 6.45) is 0. The molecule has 1 aliphatic rings. The van der Waals surface area contributed by atoms with Crippen molar-refractivity contribution in [3.8, 4) is 33.5 Å². The molecule has 0 aliphatic heterocycles. The quantitative estimate of drug-likeness (QED) is 0.174. The second-order valence-electron chi connectivity index (χ2n) is 15.8. The lowest BCUT2D eigenvalue weighted by Gasteiger charge is -2.34. The highest BCUT2D eigenvalue weighted by Gasteiger charge is 2.46. The fourth-order valence-electron chi connectivity index (χ4n) is 10.3. The maximum Gasteiger partial charge on any atom is 0.156 e. The molecule has 9 aromatic carbocycles. The molecule has 0 atom stereocenters.